The molecule has 10 heteroatoms. The van der Waals surface area contributed by atoms with Crippen LogP contribution < -0.4 is 15.4 Å². The van der Waals surface area contributed by atoms with Crippen LogP contribution in [0.15, 0.2) is 24.3 Å². The molecule has 0 atom stereocenters. The Labute approximate surface area is 147 Å². The van der Waals surface area contributed by atoms with Crippen LogP contribution in [0.3, 0.4) is 0 Å². The predicted octanol–water partition coefficient (Wildman–Crippen LogP) is 2.63. The summed E-state index contributed by atoms with van der Waals surface area (Å²) >= 11 is 0. The van der Waals surface area contributed by atoms with Crippen LogP contribution in [-0.2, 0) is 9.59 Å². The first-order chi connectivity index (χ1) is 12.0. The molecule has 0 bridgehead atoms. The molecule has 0 aromatic heterocycles. The van der Waals surface area contributed by atoms with Gasteiger partial charge in [-0.25, -0.2) is 4.79 Å². The van der Waals surface area contributed by atoms with Crippen LogP contribution in [0.2, 0.25) is 0 Å². The summed E-state index contributed by atoms with van der Waals surface area (Å²) < 4.78 is 40.0. The van der Waals surface area contributed by atoms with Crippen molar-refractivity contribution in [3.8, 4) is 5.75 Å². The van der Waals surface area contributed by atoms with Gasteiger partial charge in [0.2, 0.25) is 5.91 Å². The number of rotatable bonds is 6. The molecule has 142 valence electrons. The number of hydrogen-bond acceptors (Lipinski definition) is 4. The predicted molar refractivity (Wildman–Crippen MR) is 85.3 cm³/mol. The Hall–Kier alpha value is -2.78. The summed E-state index contributed by atoms with van der Waals surface area (Å²) in [7, 11) is 0. The molecule has 1 saturated heterocycles. The van der Waals surface area contributed by atoms with Gasteiger partial charge in [-0.1, -0.05) is 0 Å². The zero-order valence-electron chi connectivity index (χ0n) is 14.1. The number of urea groups is 1. The molecular weight excluding hydrogens is 355 g/mol. The molecule has 2 N–H and O–H groups in total. The molecular formula is C16H18F3N3O4. The molecule has 7 nitrogen and oxygen atoms in total. The minimum absolute atomic E-state index is 0.0400. The van der Waals surface area contributed by atoms with Crippen LogP contribution in [0.5, 0.6) is 5.75 Å². The Bertz CT molecular complexity index is 702. The summed E-state index contributed by atoms with van der Waals surface area (Å²) in [5.74, 6) is -1.14. The van der Waals surface area contributed by atoms with Gasteiger partial charge in [-0.15, -0.1) is 13.2 Å². The second kappa shape index (κ2) is 7.22. The van der Waals surface area contributed by atoms with E-state index in [0.717, 1.165) is 17.0 Å². The van der Waals surface area contributed by atoms with Gasteiger partial charge in [0, 0.05) is 18.7 Å². The van der Waals surface area contributed by atoms with E-state index in [1.165, 1.54) is 12.1 Å². The SMILES string of the molecule is CC1(C)NC(=O)N(CCCC(=O)Nc2ccc(OC(F)(F)F)cc2)C1=O. The topological polar surface area (TPSA) is 87.7 Å². The molecule has 0 radical (unpaired) electrons. The van der Waals surface area contributed by atoms with Gasteiger partial charge in [-0.05, 0) is 44.5 Å². The van der Waals surface area contributed by atoms with Gasteiger partial charge >= 0.3 is 12.4 Å². The van der Waals surface area contributed by atoms with Crippen LogP contribution in [0.1, 0.15) is 26.7 Å². The third-order valence-corrected chi connectivity index (χ3v) is 3.60. The number of ether oxygens (including phenoxy) is 1. The highest BCUT2D eigenvalue weighted by atomic mass is 19.4. The molecule has 0 spiro atoms. The second-order valence-corrected chi connectivity index (χ2v) is 6.24. The van der Waals surface area contributed by atoms with Crippen molar-refractivity contribution in [3.05, 3.63) is 24.3 Å². The molecule has 0 saturated carbocycles. The molecule has 1 aromatic rings. The number of carbonyl (C=O) groups is 3. The Morgan fingerprint density at radius 3 is 2.35 bits per heavy atom. The van der Waals surface area contributed by atoms with Gasteiger partial charge < -0.3 is 15.4 Å². The summed E-state index contributed by atoms with van der Waals surface area (Å²) in [6.45, 7) is 3.28. The van der Waals surface area contributed by atoms with Crippen LogP contribution in [0, 0.1) is 0 Å². The fraction of sp³-hybridized carbons (Fsp3) is 0.438. The number of imide groups is 1. The second-order valence-electron chi connectivity index (χ2n) is 6.24. The lowest BCUT2D eigenvalue weighted by Gasteiger charge is -2.15. The molecule has 0 aliphatic carbocycles. The first kappa shape index (κ1) is 19.5. The number of hydrogen-bond donors (Lipinski definition) is 2. The average molecular weight is 373 g/mol. The standard InChI is InChI=1S/C16H18F3N3O4/c1-15(2)13(24)22(14(25)21-15)9-3-4-12(23)20-10-5-7-11(8-6-10)26-16(17,18)19/h5-8H,3-4,9H2,1-2H3,(H,20,23)(H,21,25). The Morgan fingerprint density at radius 1 is 1.23 bits per heavy atom. The molecule has 4 amide bonds. The van der Waals surface area contributed by atoms with E-state index in [9.17, 15) is 27.6 Å². The highest BCUT2D eigenvalue weighted by Gasteiger charge is 2.43. The molecule has 0 unspecified atom stereocenters. The zero-order chi connectivity index (χ0) is 19.5. The number of anilines is 1. The van der Waals surface area contributed by atoms with Crippen LogP contribution in [-0.4, -0.2) is 41.2 Å². The Kier molecular flexibility index (Phi) is 5.43. The minimum Gasteiger partial charge on any atom is -0.406 e. The fourth-order valence-corrected chi connectivity index (χ4v) is 2.38. The maximum absolute atomic E-state index is 12.1. The molecule has 1 heterocycles. The van der Waals surface area contributed by atoms with Crippen molar-refractivity contribution in [2.75, 3.05) is 11.9 Å². The maximum atomic E-state index is 12.1. The van der Waals surface area contributed by atoms with Gasteiger partial charge in [-0.3, -0.25) is 14.5 Å². The van der Waals surface area contributed by atoms with Crippen LogP contribution in [0.25, 0.3) is 0 Å². The zero-order valence-corrected chi connectivity index (χ0v) is 14.1. The van der Waals surface area contributed by atoms with Crippen molar-refractivity contribution in [2.45, 2.75) is 38.6 Å². The average Bonchev–Trinajstić information content (AvgIpc) is 2.69. The quantitative estimate of drug-likeness (QED) is 0.751. The number of nitrogens with zero attached hydrogens (tertiary/aromatic N) is 1. The first-order valence-electron chi connectivity index (χ1n) is 7.78. The van der Waals surface area contributed by atoms with Crippen molar-refractivity contribution >= 4 is 23.5 Å². The lowest BCUT2D eigenvalue weighted by Crippen LogP contribution is -2.40. The molecule has 2 rings (SSSR count). The number of carbonyl (C=O) groups excluding carboxylic acids is 3. The number of halogens is 3. The van der Waals surface area contributed by atoms with Crippen LogP contribution in [0.4, 0.5) is 23.7 Å². The number of benzene rings is 1. The number of nitrogens with one attached hydrogen (secondary N) is 2. The lowest BCUT2D eigenvalue weighted by atomic mass is 10.1. The van der Waals surface area contributed by atoms with Gasteiger partial charge in [-0.2, -0.15) is 0 Å². The fourth-order valence-electron chi connectivity index (χ4n) is 2.38. The molecule has 1 aromatic carbocycles. The summed E-state index contributed by atoms with van der Waals surface area (Å²) in [6, 6.07) is 4.22. The third-order valence-electron chi connectivity index (χ3n) is 3.60. The summed E-state index contributed by atoms with van der Waals surface area (Å²) in [5.41, 5.74) is -0.653. The monoisotopic (exact) mass is 373 g/mol. The minimum atomic E-state index is -4.78. The summed E-state index contributed by atoms with van der Waals surface area (Å²) in [4.78, 5) is 36.6. The van der Waals surface area contributed by atoms with E-state index >= 15 is 0 Å². The van der Waals surface area contributed by atoms with Crippen molar-refractivity contribution in [2.24, 2.45) is 0 Å². The van der Waals surface area contributed by atoms with Crippen molar-refractivity contribution in [3.63, 3.8) is 0 Å². The number of alkyl halides is 3. The summed E-state index contributed by atoms with van der Waals surface area (Å²) in [6.07, 6.45) is -4.48. The number of amides is 4. The van der Waals surface area contributed by atoms with Gasteiger partial charge in [0.25, 0.3) is 5.91 Å². The van der Waals surface area contributed by atoms with Gasteiger partial charge in [0.05, 0.1) is 0 Å². The first-order valence-corrected chi connectivity index (χ1v) is 7.78. The van der Waals surface area contributed by atoms with E-state index in [2.05, 4.69) is 15.4 Å². The van der Waals surface area contributed by atoms with E-state index in [4.69, 9.17) is 0 Å². The highest BCUT2D eigenvalue weighted by Crippen LogP contribution is 2.24. The maximum Gasteiger partial charge on any atom is 0.573 e. The van der Waals surface area contributed by atoms with Crippen LogP contribution >= 0.6 is 0 Å². The van der Waals surface area contributed by atoms with E-state index in [1.807, 2.05) is 0 Å². The Balaban J connectivity index is 1.79. The molecule has 1 aliphatic rings. The van der Waals surface area contributed by atoms with Gasteiger partial charge in [0.15, 0.2) is 0 Å². The highest BCUT2D eigenvalue weighted by molar-refractivity contribution is 6.06. The van der Waals surface area contributed by atoms with Crippen molar-refractivity contribution in [1.29, 1.82) is 0 Å². The normalized spacial score (nSPS) is 16.4. The van der Waals surface area contributed by atoms with Gasteiger partial charge in [0.1, 0.15) is 11.3 Å². The van der Waals surface area contributed by atoms with Crippen molar-refractivity contribution in [1.82, 2.24) is 10.2 Å². The molecule has 1 fully saturated rings. The molecule has 1 aliphatic heterocycles. The van der Waals surface area contributed by atoms with E-state index < -0.39 is 23.7 Å². The lowest BCUT2D eigenvalue weighted by molar-refractivity contribution is -0.274. The molecule has 26 heavy (non-hydrogen) atoms. The third kappa shape index (κ3) is 5.11. The summed E-state index contributed by atoms with van der Waals surface area (Å²) in [5, 5.41) is 5.05. The van der Waals surface area contributed by atoms with E-state index in [0.29, 0.717) is 5.69 Å². The van der Waals surface area contributed by atoms with E-state index in [1.54, 1.807) is 13.8 Å². The van der Waals surface area contributed by atoms with Crippen molar-refractivity contribution < 1.29 is 32.3 Å². The van der Waals surface area contributed by atoms with E-state index in [-0.39, 0.29) is 31.2 Å². The smallest absolute Gasteiger partial charge is 0.406 e. The Morgan fingerprint density at radius 2 is 1.85 bits per heavy atom. The largest absolute Gasteiger partial charge is 0.573 e.